The number of guanidine groups is 1. The smallest absolute Gasteiger partial charge is 0.185 e. The van der Waals surface area contributed by atoms with Gasteiger partial charge in [-0.3, -0.25) is 5.41 Å². The summed E-state index contributed by atoms with van der Waals surface area (Å²) in [5.41, 5.74) is 6.41. The SMILES string of the molecule is CS(C)(C)c1cccc(CNC(=N)N)c1. The molecule has 1 rings (SSSR count). The van der Waals surface area contributed by atoms with Gasteiger partial charge in [0.1, 0.15) is 0 Å². The topological polar surface area (TPSA) is 61.9 Å². The van der Waals surface area contributed by atoms with Gasteiger partial charge in [-0.25, -0.2) is 10.0 Å². The molecule has 3 nitrogen and oxygen atoms in total. The van der Waals surface area contributed by atoms with Crippen molar-refractivity contribution in [3.63, 3.8) is 0 Å². The lowest BCUT2D eigenvalue weighted by molar-refractivity contribution is 0.893. The van der Waals surface area contributed by atoms with Crippen LogP contribution in [0.1, 0.15) is 5.56 Å². The van der Waals surface area contributed by atoms with Crippen molar-refractivity contribution in [2.45, 2.75) is 11.4 Å². The first kappa shape index (κ1) is 11.9. The average Bonchev–Trinajstić information content (AvgIpc) is 2.14. The van der Waals surface area contributed by atoms with E-state index in [2.05, 4.69) is 42.3 Å². The zero-order valence-electron chi connectivity index (χ0n) is 9.50. The van der Waals surface area contributed by atoms with E-state index in [0.29, 0.717) is 6.54 Å². The Morgan fingerprint density at radius 1 is 1.40 bits per heavy atom. The fourth-order valence-electron chi connectivity index (χ4n) is 1.23. The van der Waals surface area contributed by atoms with E-state index in [4.69, 9.17) is 11.1 Å². The van der Waals surface area contributed by atoms with E-state index in [9.17, 15) is 0 Å². The Morgan fingerprint density at radius 2 is 2.07 bits per heavy atom. The molecular formula is C11H19N3S. The predicted octanol–water partition coefficient (Wildman–Crippen LogP) is 1.72. The molecule has 4 N–H and O–H groups in total. The van der Waals surface area contributed by atoms with Crippen LogP contribution in [0.4, 0.5) is 0 Å². The molecule has 0 fully saturated rings. The molecule has 0 saturated carbocycles. The van der Waals surface area contributed by atoms with Crippen molar-refractivity contribution in [2.24, 2.45) is 5.73 Å². The van der Waals surface area contributed by atoms with Crippen LogP contribution >= 0.6 is 10.0 Å². The van der Waals surface area contributed by atoms with Crippen molar-refractivity contribution in [2.75, 3.05) is 18.8 Å². The zero-order valence-corrected chi connectivity index (χ0v) is 10.3. The third kappa shape index (κ3) is 3.83. The molecule has 0 aliphatic carbocycles. The lowest BCUT2D eigenvalue weighted by Crippen LogP contribution is -2.29. The normalized spacial score (nSPS) is 12.2. The summed E-state index contributed by atoms with van der Waals surface area (Å²) in [6, 6.07) is 8.45. The maximum absolute atomic E-state index is 7.09. The van der Waals surface area contributed by atoms with E-state index < -0.39 is 10.0 Å². The Kier molecular flexibility index (Phi) is 3.63. The summed E-state index contributed by atoms with van der Waals surface area (Å²) in [5.74, 6) is 0.0171. The Hall–Kier alpha value is -1.16. The summed E-state index contributed by atoms with van der Waals surface area (Å²) in [5, 5.41) is 9.90. The van der Waals surface area contributed by atoms with Crippen LogP contribution < -0.4 is 11.1 Å². The summed E-state index contributed by atoms with van der Waals surface area (Å²) in [4.78, 5) is 1.38. The van der Waals surface area contributed by atoms with Crippen LogP contribution in [0.25, 0.3) is 0 Å². The summed E-state index contributed by atoms with van der Waals surface area (Å²) in [6.45, 7) is 0.624. The van der Waals surface area contributed by atoms with E-state index >= 15 is 0 Å². The van der Waals surface area contributed by atoms with Gasteiger partial charge in [-0.1, -0.05) is 18.2 Å². The summed E-state index contributed by atoms with van der Waals surface area (Å²) >= 11 is 0. The standard InChI is InChI=1S/C11H19N3S/c1-15(2,3)10-6-4-5-9(7-10)8-14-11(12)13/h4-7H,8H2,1-3H3,(H4,12,13,14). The van der Waals surface area contributed by atoms with Crippen LogP contribution in [-0.2, 0) is 6.54 Å². The number of nitrogens with one attached hydrogen (secondary N) is 2. The van der Waals surface area contributed by atoms with Gasteiger partial charge in [-0.15, -0.1) is 0 Å². The van der Waals surface area contributed by atoms with E-state index in [-0.39, 0.29) is 5.96 Å². The molecule has 0 spiro atoms. The van der Waals surface area contributed by atoms with E-state index in [1.165, 1.54) is 10.5 Å². The molecule has 0 aliphatic heterocycles. The molecule has 0 aromatic heterocycles. The second-order valence-corrected chi connectivity index (χ2v) is 8.40. The quantitative estimate of drug-likeness (QED) is 0.542. The highest BCUT2D eigenvalue weighted by atomic mass is 32.3. The van der Waals surface area contributed by atoms with Gasteiger partial charge < -0.3 is 11.1 Å². The number of hydrogen-bond acceptors (Lipinski definition) is 1. The summed E-state index contributed by atoms with van der Waals surface area (Å²) in [6.07, 6.45) is 6.81. The molecule has 15 heavy (non-hydrogen) atoms. The lowest BCUT2D eigenvalue weighted by Gasteiger charge is -2.26. The minimum atomic E-state index is -0.677. The molecule has 1 aromatic rings. The van der Waals surface area contributed by atoms with Gasteiger partial charge in [-0.05, 0) is 35.3 Å². The van der Waals surface area contributed by atoms with Gasteiger partial charge in [0.25, 0.3) is 0 Å². The van der Waals surface area contributed by atoms with E-state index in [1.54, 1.807) is 0 Å². The molecule has 0 bridgehead atoms. The molecule has 0 saturated heterocycles. The maximum atomic E-state index is 7.09. The summed E-state index contributed by atoms with van der Waals surface area (Å²) < 4.78 is 0. The lowest BCUT2D eigenvalue weighted by atomic mass is 10.2. The highest BCUT2D eigenvalue weighted by Crippen LogP contribution is 2.45. The van der Waals surface area contributed by atoms with E-state index in [1.807, 2.05) is 6.07 Å². The molecule has 0 radical (unpaired) electrons. The van der Waals surface area contributed by atoms with Crippen LogP contribution in [0.2, 0.25) is 0 Å². The Morgan fingerprint density at radius 3 is 2.60 bits per heavy atom. The highest BCUT2D eigenvalue weighted by Gasteiger charge is 2.07. The fourth-order valence-corrected chi connectivity index (χ4v) is 2.23. The second kappa shape index (κ2) is 4.57. The average molecular weight is 225 g/mol. The maximum Gasteiger partial charge on any atom is 0.185 e. The first-order valence-electron chi connectivity index (χ1n) is 4.75. The fraction of sp³-hybridized carbons (Fsp3) is 0.364. The van der Waals surface area contributed by atoms with Crippen molar-refractivity contribution < 1.29 is 0 Å². The minimum absolute atomic E-state index is 0.0171. The van der Waals surface area contributed by atoms with Crippen LogP contribution in [0, 0.1) is 5.41 Å². The minimum Gasteiger partial charge on any atom is -0.370 e. The van der Waals surface area contributed by atoms with Crippen LogP contribution in [0.15, 0.2) is 29.2 Å². The van der Waals surface area contributed by atoms with E-state index in [0.717, 1.165) is 0 Å². The molecule has 0 heterocycles. The van der Waals surface area contributed by atoms with Crippen molar-refractivity contribution in [3.05, 3.63) is 29.8 Å². The van der Waals surface area contributed by atoms with Gasteiger partial charge in [0.2, 0.25) is 0 Å². The highest BCUT2D eigenvalue weighted by molar-refractivity contribution is 8.32. The number of benzene rings is 1. The molecule has 1 aromatic carbocycles. The molecular weight excluding hydrogens is 206 g/mol. The third-order valence-electron chi connectivity index (χ3n) is 2.09. The number of nitrogens with two attached hydrogens (primary N) is 1. The van der Waals surface area contributed by atoms with Crippen molar-refractivity contribution in [1.29, 1.82) is 5.41 Å². The number of hydrogen-bond donors (Lipinski definition) is 3. The van der Waals surface area contributed by atoms with Crippen molar-refractivity contribution in [3.8, 4) is 0 Å². The monoisotopic (exact) mass is 225 g/mol. The van der Waals surface area contributed by atoms with Crippen molar-refractivity contribution >= 4 is 16.0 Å². The molecule has 0 unspecified atom stereocenters. The van der Waals surface area contributed by atoms with Gasteiger partial charge in [0.15, 0.2) is 5.96 Å². The van der Waals surface area contributed by atoms with Gasteiger partial charge in [0.05, 0.1) is 0 Å². The molecule has 0 atom stereocenters. The van der Waals surface area contributed by atoms with Gasteiger partial charge >= 0.3 is 0 Å². The van der Waals surface area contributed by atoms with Crippen LogP contribution in [0.5, 0.6) is 0 Å². The predicted molar refractivity (Wildman–Crippen MR) is 68.8 cm³/mol. The van der Waals surface area contributed by atoms with Gasteiger partial charge in [-0.2, -0.15) is 0 Å². The molecule has 84 valence electrons. The van der Waals surface area contributed by atoms with Gasteiger partial charge in [0, 0.05) is 6.54 Å². The first-order valence-corrected chi connectivity index (χ1v) is 7.60. The van der Waals surface area contributed by atoms with Crippen LogP contribution in [-0.4, -0.2) is 24.7 Å². The molecule has 0 aliphatic rings. The Labute approximate surface area is 92.9 Å². The van der Waals surface area contributed by atoms with Crippen molar-refractivity contribution in [1.82, 2.24) is 5.32 Å². The molecule has 4 heteroatoms. The zero-order chi connectivity index (χ0) is 11.5. The first-order chi connectivity index (χ1) is 6.89. The number of rotatable bonds is 3. The van der Waals surface area contributed by atoms with Crippen LogP contribution in [0.3, 0.4) is 0 Å². The Bertz CT molecular complexity index is 355. The Balaban J connectivity index is 2.79. The second-order valence-electron chi connectivity index (χ2n) is 4.25. The molecule has 0 amide bonds. The largest absolute Gasteiger partial charge is 0.370 e. The summed E-state index contributed by atoms with van der Waals surface area (Å²) in [7, 11) is -0.677. The third-order valence-corrected chi connectivity index (χ3v) is 3.76.